The number of anilines is 1. The number of nitrogens with one attached hydrogen (secondary N) is 1. The third kappa shape index (κ3) is 6.18. The number of carbonyl (C=O) groups excluding carboxylic acids is 1. The summed E-state index contributed by atoms with van der Waals surface area (Å²) in [6.45, 7) is 9.38. The summed E-state index contributed by atoms with van der Waals surface area (Å²) < 4.78 is 36.9. The summed E-state index contributed by atoms with van der Waals surface area (Å²) in [6, 6.07) is 13.6. The Balaban J connectivity index is 1.39. The van der Waals surface area contributed by atoms with Crippen LogP contribution in [0.2, 0.25) is 0 Å². The molecule has 3 aromatic heterocycles. The van der Waals surface area contributed by atoms with Crippen molar-refractivity contribution in [3.8, 4) is 5.88 Å². The van der Waals surface area contributed by atoms with Crippen LogP contribution in [0.3, 0.4) is 0 Å². The molecule has 2 aromatic carbocycles. The normalized spacial score (nSPS) is 17.7. The first-order chi connectivity index (χ1) is 21.7. The van der Waals surface area contributed by atoms with Crippen molar-refractivity contribution in [3.05, 3.63) is 88.1 Å². The Morgan fingerprint density at radius 3 is 2.80 bits per heavy atom. The number of aromatic nitrogens is 5. The van der Waals surface area contributed by atoms with Gasteiger partial charge in [0.1, 0.15) is 16.5 Å². The Bertz CT molecular complexity index is 1830. The van der Waals surface area contributed by atoms with Crippen LogP contribution in [0.25, 0.3) is 11.0 Å². The first-order valence-electron chi connectivity index (χ1n) is 15.0. The van der Waals surface area contributed by atoms with Gasteiger partial charge in [0.25, 0.3) is 0 Å². The van der Waals surface area contributed by atoms with Crippen LogP contribution in [-0.2, 0) is 17.9 Å². The lowest BCUT2D eigenvalue weighted by molar-refractivity contribution is -0.116. The third-order valence-electron chi connectivity index (χ3n) is 8.42. The summed E-state index contributed by atoms with van der Waals surface area (Å²) in [7, 11) is -3.38. The molecule has 1 amide bonds. The van der Waals surface area contributed by atoms with E-state index in [1.165, 1.54) is 11.5 Å². The molecular formula is C32H37N7O4S2. The van der Waals surface area contributed by atoms with Crippen molar-refractivity contribution in [2.24, 2.45) is 0 Å². The highest BCUT2D eigenvalue weighted by atomic mass is 32.3. The maximum Gasteiger partial charge on any atom is 0.239 e. The highest BCUT2D eigenvalue weighted by molar-refractivity contribution is 8.22. The molecule has 45 heavy (non-hydrogen) atoms. The van der Waals surface area contributed by atoms with E-state index in [4.69, 9.17) is 4.74 Å². The maximum atomic E-state index is 13.4. The second kappa shape index (κ2) is 12.9. The number of rotatable bonds is 9. The lowest BCUT2D eigenvalue weighted by atomic mass is 9.84. The zero-order valence-electron chi connectivity index (χ0n) is 25.7. The van der Waals surface area contributed by atoms with Crippen LogP contribution in [0.15, 0.2) is 65.1 Å². The smallest absolute Gasteiger partial charge is 0.239 e. The van der Waals surface area contributed by atoms with E-state index in [2.05, 4.69) is 37.1 Å². The molecule has 2 unspecified atom stereocenters. The fourth-order valence-corrected chi connectivity index (χ4v) is 7.88. The van der Waals surface area contributed by atoms with Crippen LogP contribution in [0, 0.1) is 13.8 Å². The van der Waals surface area contributed by atoms with Gasteiger partial charge in [-0.3, -0.25) is 13.9 Å². The predicted molar refractivity (Wildman–Crippen MR) is 177 cm³/mol. The fourth-order valence-electron chi connectivity index (χ4n) is 5.84. The predicted octanol–water partition coefficient (Wildman–Crippen LogP) is 6.78. The summed E-state index contributed by atoms with van der Waals surface area (Å²) in [5, 5.41) is 13.6. The number of nitrogens with zero attached hydrogens (tertiary/aromatic N) is 6. The molecule has 3 N–H and O–H groups in total. The lowest BCUT2D eigenvalue weighted by Crippen LogP contribution is -2.34. The number of ether oxygens (including phenoxy) is 1. The van der Waals surface area contributed by atoms with E-state index in [1.807, 2.05) is 50.6 Å². The minimum atomic E-state index is -3.38. The second-order valence-electron chi connectivity index (χ2n) is 11.3. The minimum absolute atomic E-state index is 0.132. The van der Waals surface area contributed by atoms with Crippen LogP contribution in [0.4, 0.5) is 5.69 Å². The van der Waals surface area contributed by atoms with Crippen molar-refractivity contribution < 1.29 is 18.6 Å². The van der Waals surface area contributed by atoms with Crippen molar-refractivity contribution in [1.82, 2.24) is 28.7 Å². The molecule has 1 aliphatic heterocycles. The van der Waals surface area contributed by atoms with E-state index in [0.717, 1.165) is 38.9 Å². The molecule has 13 heteroatoms. The van der Waals surface area contributed by atoms with E-state index in [-0.39, 0.29) is 41.7 Å². The number of aryl methyl sites for hydroxylation is 3. The molecule has 0 fully saturated rings. The van der Waals surface area contributed by atoms with Gasteiger partial charge in [0, 0.05) is 37.0 Å². The van der Waals surface area contributed by atoms with Gasteiger partial charge in [-0.2, -0.15) is 8.68 Å². The van der Waals surface area contributed by atoms with Gasteiger partial charge in [-0.15, -0.1) is 15.9 Å². The summed E-state index contributed by atoms with van der Waals surface area (Å²) in [5.74, 6) is -0.170. The number of amides is 1. The number of hydrogen-bond donors (Lipinski definition) is 3. The molecule has 0 saturated carbocycles. The van der Waals surface area contributed by atoms with E-state index in [1.54, 1.807) is 34.2 Å². The summed E-state index contributed by atoms with van der Waals surface area (Å²) in [6.07, 6.45) is 3.85. The number of fused-ring (bicyclic) bond motifs is 2. The van der Waals surface area contributed by atoms with Crippen molar-refractivity contribution in [3.63, 3.8) is 0 Å². The maximum absolute atomic E-state index is 13.4. The van der Waals surface area contributed by atoms with E-state index < -0.39 is 10.8 Å². The van der Waals surface area contributed by atoms with Crippen LogP contribution in [0.5, 0.6) is 5.88 Å². The molecular weight excluding hydrogens is 611 g/mol. The molecule has 1 aliphatic rings. The molecule has 0 bridgehead atoms. The molecule has 0 saturated heterocycles. The fraction of sp³-hybridized carbons (Fsp3) is 0.344. The molecule has 2 atom stereocenters. The van der Waals surface area contributed by atoms with Crippen LogP contribution < -0.4 is 10.1 Å². The van der Waals surface area contributed by atoms with Gasteiger partial charge in [-0.05, 0) is 84.7 Å². The van der Waals surface area contributed by atoms with Crippen LogP contribution in [0.1, 0.15) is 60.4 Å². The Labute approximate surface area is 267 Å². The second-order valence-corrected chi connectivity index (χ2v) is 13.9. The third-order valence-corrected chi connectivity index (χ3v) is 10.9. The number of hydrogen-bond acceptors (Lipinski definition) is 10. The van der Waals surface area contributed by atoms with Crippen molar-refractivity contribution in [2.75, 3.05) is 11.9 Å². The molecule has 5 aromatic rings. The molecule has 0 aliphatic carbocycles. The van der Waals surface area contributed by atoms with Crippen molar-refractivity contribution in [1.29, 1.82) is 0 Å². The number of pyridine rings is 1. The van der Waals surface area contributed by atoms with E-state index in [0.29, 0.717) is 25.2 Å². The molecule has 6 rings (SSSR count). The van der Waals surface area contributed by atoms with Crippen LogP contribution >= 0.6 is 22.3 Å². The molecule has 0 spiro atoms. The van der Waals surface area contributed by atoms with Gasteiger partial charge in [-0.1, -0.05) is 36.4 Å². The van der Waals surface area contributed by atoms with Gasteiger partial charge in [-0.25, -0.2) is 9.67 Å². The highest BCUT2D eigenvalue weighted by Crippen LogP contribution is 2.57. The minimum Gasteiger partial charge on any atom is -0.472 e. The largest absolute Gasteiger partial charge is 0.472 e. The molecule has 0 radical (unpaired) electrons. The molecule has 236 valence electrons. The first-order valence-corrected chi connectivity index (χ1v) is 17.3. The van der Waals surface area contributed by atoms with Gasteiger partial charge in [0.2, 0.25) is 11.8 Å². The molecule has 11 nitrogen and oxygen atoms in total. The standard InChI is InChI=1S/C32H37N7O4S2/c1-5-25-18-38(45(41,42)29-8-7-13-33-32(29)43-25)17-23-14-22(10-9-20(23)3)27(15-30(40)35-24-16-34-44-19-24)26-11-12-28-31(21(26)4)36-37-39(28)6-2/h7-14,16,19,25,27,41-42H,5-6,15,17-18H2,1-4H3,(H,35,40). The Hall–Kier alpha value is -3.88. The average Bonchev–Trinajstić information content (AvgIpc) is 3.68. The quantitative estimate of drug-likeness (QED) is 0.158. The van der Waals surface area contributed by atoms with Crippen LogP contribution in [-0.4, -0.2) is 56.3 Å². The van der Waals surface area contributed by atoms with E-state index in [9.17, 15) is 13.9 Å². The zero-order valence-corrected chi connectivity index (χ0v) is 27.3. The topological polar surface area (TPSA) is 139 Å². The Morgan fingerprint density at radius 1 is 1.20 bits per heavy atom. The van der Waals surface area contributed by atoms with Gasteiger partial charge in [0.15, 0.2) is 0 Å². The number of benzene rings is 2. The number of carbonyl (C=O) groups is 1. The molecule has 4 heterocycles. The first kappa shape index (κ1) is 31.1. The lowest BCUT2D eigenvalue weighted by Gasteiger charge is -2.41. The van der Waals surface area contributed by atoms with Gasteiger partial charge < -0.3 is 10.1 Å². The SMILES string of the molecule is CCC1CN(Cc2cc(C(CC(=O)Nc3cnsc3)c3ccc4c(nnn4CC)c3C)ccc2C)S(O)(O)c2cccnc2O1. The Kier molecular flexibility index (Phi) is 8.89. The van der Waals surface area contributed by atoms with Crippen molar-refractivity contribution >= 4 is 44.9 Å². The summed E-state index contributed by atoms with van der Waals surface area (Å²) in [4.78, 5) is 18.0. The zero-order chi connectivity index (χ0) is 31.7. The summed E-state index contributed by atoms with van der Waals surface area (Å²) in [5.41, 5.74) is 7.25. The van der Waals surface area contributed by atoms with Crippen molar-refractivity contribution in [2.45, 2.75) is 70.5 Å². The average molecular weight is 648 g/mol. The van der Waals surface area contributed by atoms with Gasteiger partial charge >= 0.3 is 0 Å². The highest BCUT2D eigenvalue weighted by Gasteiger charge is 2.36. The van der Waals surface area contributed by atoms with Gasteiger partial charge in [0.05, 0.1) is 23.9 Å². The summed E-state index contributed by atoms with van der Waals surface area (Å²) >= 11 is 1.28. The van der Waals surface area contributed by atoms with E-state index >= 15 is 0 Å². The Morgan fingerprint density at radius 2 is 2.04 bits per heavy atom. The monoisotopic (exact) mass is 647 g/mol.